The van der Waals surface area contributed by atoms with Gasteiger partial charge in [-0.2, -0.15) is 0 Å². The van der Waals surface area contributed by atoms with Gasteiger partial charge in [-0.15, -0.1) is 5.10 Å². The van der Waals surface area contributed by atoms with Gasteiger partial charge in [0, 0.05) is 6.04 Å². The molecule has 0 spiro atoms. The second-order valence-electron chi connectivity index (χ2n) is 7.45. The number of hydrogen-bond acceptors (Lipinski definition) is 4. The maximum absolute atomic E-state index is 12.6. The summed E-state index contributed by atoms with van der Waals surface area (Å²) in [6, 6.07) is 7.56. The molecular weight excluding hydrogens is 344 g/mol. The Balaban J connectivity index is 1.47. The van der Waals surface area contributed by atoms with Gasteiger partial charge in [0.15, 0.2) is 0 Å². The van der Waals surface area contributed by atoms with Crippen molar-refractivity contribution in [2.24, 2.45) is 17.8 Å². The number of carboxylic acid groups (broad SMARTS) is 1. The minimum atomic E-state index is -0.848. The maximum Gasteiger partial charge on any atom is 0.309 e. The van der Waals surface area contributed by atoms with Crippen LogP contribution in [0, 0.1) is 31.6 Å². The van der Waals surface area contributed by atoms with E-state index in [4.69, 9.17) is 0 Å². The lowest BCUT2D eigenvalue weighted by atomic mass is 9.89. The number of rotatable bonds is 5. The van der Waals surface area contributed by atoms with Crippen molar-refractivity contribution in [3.05, 3.63) is 53.4 Å². The minimum absolute atomic E-state index is 0.0157. The molecular formula is C20H22N4O3. The monoisotopic (exact) mass is 366 g/mol. The van der Waals surface area contributed by atoms with Crippen LogP contribution in [0.3, 0.4) is 0 Å². The third kappa shape index (κ3) is 3.13. The molecule has 0 saturated heterocycles. The molecule has 140 valence electrons. The maximum atomic E-state index is 12.6. The van der Waals surface area contributed by atoms with Crippen LogP contribution in [0.4, 0.5) is 0 Å². The number of benzene rings is 1. The Bertz CT molecular complexity index is 916. The first-order valence-corrected chi connectivity index (χ1v) is 9.12. The van der Waals surface area contributed by atoms with Crippen LogP contribution in [0.2, 0.25) is 0 Å². The molecule has 2 aliphatic carbocycles. The van der Waals surface area contributed by atoms with Crippen molar-refractivity contribution in [2.75, 3.05) is 0 Å². The highest BCUT2D eigenvalue weighted by molar-refractivity contribution is 5.81. The summed E-state index contributed by atoms with van der Waals surface area (Å²) < 4.78 is 1.71. The van der Waals surface area contributed by atoms with E-state index in [9.17, 15) is 14.7 Å². The van der Waals surface area contributed by atoms with Gasteiger partial charge < -0.3 is 10.4 Å². The van der Waals surface area contributed by atoms with E-state index in [0.717, 1.165) is 23.4 Å². The predicted octanol–water partition coefficient (Wildman–Crippen LogP) is 1.82. The Hall–Kier alpha value is -2.96. The predicted molar refractivity (Wildman–Crippen MR) is 98.3 cm³/mol. The summed E-state index contributed by atoms with van der Waals surface area (Å²) in [6.07, 6.45) is 4.86. The third-order valence-electron chi connectivity index (χ3n) is 5.67. The summed E-state index contributed by atoms with van der Waals surface area (Å²) >= 11 is 0. The van der Waals surface area contributed by atoms with Crippen molar-refractivity contribution in [3.8, 4) is 5.69 Å². The van der Waals surface area contributed by atoms with Gasteiger partial charge in [0.25, 0.3) is 0 Å². The van der Waals surface area contributed by atoms with E-state index in [0.29, 0.717) is 5.69 Å². The number of carbonyl (C=O) groups excluding carboxylic acids is 1. The van der Waals surface area contributed by atoms with E-state index in [1.807, 2.05) is 50.3 Å². The number of nitrogens with one attached hydrogen (secondary N) is 1. The first-order chi connectivity index (χ1) is 12.9. The second-order valence-corrected chi connectivity index (χ2v) is 7.45. The summed E-state index contributed by atoms with van der Waals surface area (Å²) in [6.45, 7) is 3.89. The number of carbonyl (C=O) groups is 2. The van der Waals surface area contributed by atoms with Gasteiger partial charge in [-0.05, 0) is 44.2 Å². The molecule has 2 bridgehead atoms. The number of aryl methyl sites for hydroxylation is 1. The molecule has 2 aliphatic rings. The fourth-order valence-corrected chi connectivity index (χ4v) is 4.20. The van der Waals surface area contributed by atoms with Crippen molar-refractivity contribution >= 4 is 11.9 Å². The van der Waals surface area contributed by atoms with Gasteiger partial charge in [0.1, 0.15) is 0 Å². The van der Waals surface area contributed by atoms with E-state index in [1.54, 1.807) is 4.68 Å². The molecule has 1 aromatic carbocycles. The molecule has 4 atom stereocenters. The number of aliphatic carboxylic acids is 1. The van der Waals surface area contributed by atoms with Gasteiger partial charge >= 0.3 is 5.97 Å². The molecule has 2 aromatic rings. The molecule has 7 heteroatoms. The number of amides is 1. The van der Waals surface area contributed by atoms with Crippen LogP contribution in [-0.2, 0) is 16.0 Å². The molecule has 1 amide bonds. The van der Waals surface area contributed by atoms with Crippen molar-refractivity contribution in [1.29, 1.82) is 0 Å². The number of fused-ring (bicyclic) bond motifs is 2. The number of nitrogens with zero attached hydrogens (tertiary/aromatic N) is 3. The first kappa shape index (κ1) is 17.5. The fourth-order valence-electron chi connectivity index (χ4n) is 4.20. The SMILES string of the molecule is Cc1ccc(-n2nnc(CC(=O)N[C@@H]3[C@H](C(=O)O)[C@H]4C=C[C@@H]3C4)c2C)cc1. The number of carboxylic acids is 1. The van der Waals surface area contributed by atoms with Crippen LogP contribution in [0.1, 0.15) is 23.4 Å². The van der Waals surface area contributed by atoms with Gasteiger partial charge in [0.05, 0.1) is 29.4 Å². The lowest BCUT2D eigenvalue weighted by Gasteiger charge is -2.25. The largest absolute Gasteiger partial charge is 0.481 e. The lowest BCUT2D eigenvalue weighted by molar-refractivity contribution is -0.143. The van der Waals surface area contributed by atoms with E-state index < -0.39 is 11.9 Å². The van der Waals surface area contributed by atoms with E-state index >= 15 is 0 Å². The standard InChI is InChI=1S/C20H22N4O3/c1-11-3-7-15(8-4-11)24-12(2)16(22-23-24)10-17(25)21-19-14-6-5-13(9-14)18(19)20(26)27/h3-8,13-14,18-19H,9-10H2,1-2H3,(H,21,25)(H,26,27)/t13-,14+,18+,19-/m0/s1. The third-order valence-corrected chi connectivity index (χ3v) is 5.67. The molecule has 1 saturated carbocycles. The molecule has 27 heavy (non-hydrogen) atoms. The highest BCUT2D eigenvalue weighted by atomic mass is 16.4. The topological polar surface area (TPSA) is 97.1 Å². The zero-order chi connectivity index (χ0) is 19.1. The molecule has 1 aromatic heterocycles. The Morgan fingerprint density at radius 1 is 1.19 bits per heavy atom. The van der Waals surface area contributed by atoms with Gasteiger partial charge in [-0.25, -0.2) is 4.68 Å². The summed E-state index contributed by atoms with van der Waals surface area (Å²) in [5.74, 6) is -1.50. The Morgan fingerprint density at radius 2 is 1.89 bits per heavy atom. The molecule has 0 radical (unpaired) electrons. The molecule has 4 rings (SSSR count). The van der Waals surface area contributed by atoms with E-state index in [1.165, 1.54) is 0 Å². The molecule has 1 fully saturated rings. The molecule has 0 unspecified atom stereocenters. The number of hydrogen-bond donors (Lipinski definition) is 2. The average molecular weight is 366 g/mol. The van der Waals surface area contributed by atoms with Crippen LogP contribution in [0.5, 0.6) is 0 Å². The van der Waals surface area contributed by atoms with Crippen LogP contribution < -0.4 is 5.32 Å². The van der Waals surface area contributed by atoms with Crippen molar-refractivity contribution in [2.45, 2.75) is 32.7 Å². The van der Waals surface area contributed by atoms with Crippen LogP contribution >= 0.6 is 0 Å². The van der Waals surface area contributed by atoms with Crippen molar-refractivity contribution < 1.29 is 14.7 Å². The lowest BCUT2D eigenvalue weighted by Crippen LogP contribution is -2.46. The zero-order valence-corrected chi connectivity index (χ0v) is 15.3. The molecule has 1 heterocycles. The Kier molecular flexibility index (Phi) is 4.30. The van der Waals surface area contributed by atoms with E-state index in [2.05, 4.69) is 15.6 Å². The second kappa shape index (κ2) is 6.64. The van der Waals surface area contributed by atoms with Crippen LogP contribution in [0.15, 0.2) is 36.4 Å². The Morgan fingerprint density at radius 3 is 2.59 bits per heavy atom. The first-order valence-electron chi connectivity index (χ1n) is 9.12. The molecule has 7 nitrogen and oxygen atoms in total. The molecule has 2 N–H and O–H groups in total. The van der Waals surface area contributed by atoms with Crippen LogP contribution in [0.25, 0.3) is 5.69 Å². The zero-order valence-electron chi connectivity index (χ0n) is 15.3. The normalized spacial score (nSPS) is 25.7. The highest BCUT2D eigenvalue weighted by Gasteiger charge is 2.48. The van der Waals surface area contributed by atoms with E-state index in [-0.39, 0.29) is 30.2 Å². The van der Waals surface area contributed by atoms with Crippen molar-refractivity contribution in [1.82, 2.24) is 20.3 Å². The average Bonchev–Trinajstić information content (AvgIpc) is 3.32. The summed E-state index contributed by atoms with van der Waals surface area (Å²) in [7, 11) is 0. The Labute approximate surface area is 157 Å². The number of allylic oxidation sites excluding steroid dienone is 1. The van der Waals surface area contributed by atoms with Crippen molar-refractivity contribution in [3.63, 3.8) is 0 Å². The smallest absolute Gasteiger partial charge is 0.309 e. The highest BCUT2D eigenvalue weighted by Crippen LogP contribution is 2.43. The number of aromatic nitrogens is 3. The van der Waals surface area contributed by atoms with Gasteiger partial charge in [-0.1, -0.05) is 35.1 Å². The summed E-state index contributed by atoms with van der Waals surface area (Å²) in [4.78, 5) is 24.1. The van der Waals surface area contributed by atoms with Crippen LogP contribution in [-0.4, -0.2) is 38.0 Å². The quantitative estimate of drug-likeness (QED) is 0.787. The fraction of sp³-hybridized carbons (Fsp3) is 0.400. The molecule has 0 aliphatic heterocycles. The van der Waals surface area contributed by atoms with Gasteiger partial charge in [0.2, 0.25) is 5.91 Å². The van der Waals surface area contributed by atoms with Gasteiger partial charge in [-0.3, -0.25) is 9.59 Å². The summed E-state index contributed by atoms with van der Waals surface area (Å²) in [5, 5.41) is 20.7. The minimum Gasteiger partial charge on any atom is -0.481 e. The summed E-state index contributed by atoms with van der Waals surface area (Å²) in [5.41, 5.74) is 3.45.